The second-order valence-electron chi connectivity index (χ2n) is 8.05. The van der Waals surface area contributed by atoms with Crippen molar-refractivity contribution in [3.63, 3.8) is 0 Å². The molecule has 1 amide bonds. The van der Waals surface area contributed by atoms with Crippen LogP contribution in [0, 0.1) is 18.7 Å². The highest BCUT2D eigenvalue weighted by atomic mass is 19.1. The van der Waals surface area contributed by atoms with Gasteiger partial charge in [0, 0.05) is 30.0 Å². The van der Waals surface area contributed by atoms with Crippen molar-refractivity contribution in [1.82, 2.24) is 24.9 Å². The molecule has 0 N–H and O–H groups in total. The summed E-state index contributed by atoms with van der Waals surface area (Å²) in [7, 11) is 0. The molecule has 0 unspecified atom stereocenters. The number of pyridine rings is 1. The quantitative estimate of drug-likeness (QED) is 0.504. The third-order valence-corrected chi connectivity index (χ3v) is 5.98. The highest BCUT2D eigenvalue weighted by Crippen LogP contribution is 2.30. The van der Waals surface area contributed by atoms with Crippen molar-refractivity contribution >= 4 is 22.5 Å². The van der Waals surface area contributed by atoms with E-state index in [1.807, 2.05) is 30.0 Å². The molecule has 0 atom stereocenters. The van der Waals surface area contributed by atoms with Crippen LogP contribution in [-0.2, 0) is 17.9 Å². The summed E-state index contributed by atoms with van der Waals surface area (Å²) in [6.07, 6.45) is 2.95. The lowest BCUT2D eigenvalue weighted by Gasteiger charge is -2.32. The van der Waals surface area contributed by atoms with Gasteiger partial charge in [-0.3, -0.25) is 4.79 Å². The molecular formula is C23H22FN5O. The number of nitrogens with zero attached hydrogens (tertiary/aromatic N) is 5. The van der Waals surface area contributed by atoms with E-state index in [1.165, 1.54) is 12.1 Å². The number of hydrogen-bond acceptors (Lipinski definition) is 4. The third-order valence-electron chi connectivity index (χ3n) is 5.98. The first-order valence-electron chi connectivity index (χ1n) is 10.2. The SMILES string of the molecule is Cc1cccc2cc(CN(Cc3ccc(F)cc3)C(=O)C3CCC3)c3nnnn3c12. The lowest BCUT2D eigenvalue weighted by Crippen LogP contribution is -2.38. The number of rotatable bonds is 5. The Kier molecular flexibility index (Phi) is 4.65. The van der Waals surface area contributed by atoms with Gasteiger partial charge >= 0.3 is 0 Å². The molecule has 1 aliphatic carbocycles. The molecule has 2 heterocycles. The number of amides is 1. The number of tetrazole rings is 1. The zero-order chi connectivity index (χ0) is 20.7. The van der Waals surface area contributed by atoms with Crippen LogP contribution in [0.4, 0.5) is 4.39 Å². The van der Waals surface area contributed by atoms with Gasteiger partial charge in [-0.1, -0.05) is 36.8 Å². The van der Waals surface area contributed by atoms with Crippen molar-refractivity contribution in [2.75, 3.05) is 0 Å². The summed E-state index contributed by atoms with van der Waals surface area (Å²) in [5.41, 5.74) is 4.51. The summed E-state index contributed by atoms with van der Waals surface area (Å²) in [4.78, 5) is 15.0. The maximum absolute atomic E-state index is 13.3. The van der Waals surface area contributed by atoms with Crippen molar-refractivity contribution < 1.29 is 9.18 Å². The van der Waals surface area contributed by atoms with Crippen LogP contribution in [-0.4, -0.2) is 30.8 Å². The third kappa shape index (κ3) is 3.30. The van der Waals surface area contributed by atoms with Crippen LogP contribution >= 0.6 is 0 Å². The fourth-order valence-electron chi connectivity index (χ4n) is 4.13. The van der Waals surface area contributed by atoms with Crippen LogP contribution in [0.5, 0.6) is 0 Å². The van der Waals surface area contributed by atoms with Gasteiger partial charge in [0.25, 0.3) is 0 Å². The Hall–Kier alpha value is -3.35. The number of halogens is 1. The molecule has 4 aromatic rings. The monoisotopic (exact) mass is 403 g/mol. The standard InChI is InChI=1S/C23H22FN5O/c1-15-4-2-7-18-12-19(22-25-26-27-29(22)21(15)18)14-28(23(30)17-5-3-6-17)13-16-8-10-20(24)11-9-16/h2,4,7-12,17H,3,5-6,13-14H2,1H3. The minimum absolute atomic E-state index is 0.0696. The molecule has 1 fully saturated rings. The van der Waals surface area contributed by atoms with E-state index < -0.39 is 0 Å². The predicted octanol–water partition coefficient (Wildman–Crippen LogP) is 4.05. The smallest absolute Gasteiger partial charge is 0.226 e. The topological polar surface area (TPSA) is 63.4 Å². The summed E-state index contributed by atoms with van der Waals surface area (Å²) in [6, 6.07) is 14.5. The molecule has 6 nitrogen and oxygen atoms in total. The first-order valence-corrected chi connectivity index (χ1v) is 10.2. The van der Waals surface area contributed by atoms with Gasteiger partial charge in [0.2, 0.25) is 5.91 Å². The normalized spacial score (nSPS) is 14.2. The summed E-state index contributed by atoms with van der Waals surface area (Å²) >= 11 is 0. The van der Waals surface area contributed by atoms with Crippen LogP contribution < -0.4 is 0 Å². The molecule has 5 rings (SSSR count). The van der Waals surface area contributed by atoms with Crippen LogP contribution in [0.15, 0.2) is 48.5 Å². The van der Waals surface area contributed by atoms with E-state index in [4.69, 9.17) is 0 Å². The van der Waals surface area contributed by atoms with Crippen molar-refractivity contribution in [3.05, 3.63) is 71.0 Å². The number of carbonyl (C=O) groups is 1. The van der Waals surface area contributed by atoms with Crippen molar-refractivity contribution in [2.45, 2.75) is 39.3 Å². The number of fused-ring (bicyclic) bond motifs is 3. The molecule has 2 aromatic heterocycles. The van der Waals surface area contributed by atoms with E-state index in [1.54, 1.807) is 16.6 Å². The molecule has 30 heavy (non-hydrogen) atoms. The lowest BCUT2D eigenvalue weighted by atomic mass is 9.84. The molecule has 2 aromatic carbocycles. The summed E-state index contributed by atoms with van der Waals surface area (Å²) in [5.74, 6) is -0.0718. The van der Waals surface area contributed by atoms with E-state index in [9.17, 15) is 9.18 Å². The number of para-hydroxylation sites is 1. The lowest BCUT2D eigenvalue weighted by molar-refractivity contribution is -0.139. The van der Waals surface area contributed by atoms with E-state index in [0.717, 1.165) is 46.9 Å². The van der Waals surface area contributed by atoms with E-state index >= 15 is 0 Å². The van der Waals surface area contributed by atoms with Crippen LogP contribution in [0.1, 0.15) is 36.0 Å². The molecule has 0 bridgehead atoms. The van der Waals surface area contributed by atoms with Gasteiger partial charge in [-0.2, -0.15) is 4.52 Å². The predicted molar refractivity (Wildman–Crippen MR) is 111 cm³/mol. The first-order chi connectivity index (χ1) is 14.6. The molecule has 0 spiro atoms. The highest BCUT2D eigenvalue weighted by molar-refractivity contribution is 5.86. The zero-order valence-electron chi connectivity index (χ0n) is 16.8. The number of benzene rings is 2. The van der Waals surface area contributed by atoms with Crippen LogP contribution in [0.25, 0.3) is 16.6 Å². The Morgan fingerprint density at radius 3 is 2.70 bits per heavy atom. The maximum atomic E-state index is 13.3. The average molecular weight is 403 g/mol. The molecule has 1 aliphatic rings. The Bertz CT molecular complexity index is 1230. The molecule has 0 aliphatic heterocycles. The second-order valence-corrected chi connectivity index (χ2v) is 8.05. The first kappa shape index (κ1) is 18.7. The van der Waals surface area contributed by atoms with Gasteiger partial charge in [-0.05, 0) is 59.5 Å². The average Bonchev–Trinajstić information content (AvgIpc) is 3.18. The molecule has 152 valence electrons. The van der Waals surface area contributed by atoms with Crippen LogP contribution in [0.2, 0.25) is 0 Å². The van der Waals surface area contributed by atoms with Gasteiger partial charge in [-0.25, -0.2) is 4.39 Å². The number of aromatic nitrogens is 4. The molecule has 0 radical (unpaired) electrons. The van der Waals surface area contributed by atoms with E-state index in [-0.39, 0.29) is 17.6 Å². The minimum atomic E-state index is -0.281. The fourth-order valence-corrected chi connectivity index (χ4v) is 4.13. The van der Waals surface area contributed by atoms with Gasteiger partial charge in [0.1, 0.15) is 5.82 Å². The maximum Gasteiger partial charge on any atom is 0.226 e. The van der Waals surface area contributed by atoms with Gasteiger partial charge in [0.05, 0.1) is 5.52 Å². The number of carbonyl (C=O) groups excluding carboxylic acids is 1. The fraction of sp³-hybridized carbons (Fsp3) is 0.304. The second kappa shape index (κ2) is 7.48. The Morgan fingerprint density at radius 1 is 1.17 bits per heavy atom. The molecule has 1 saturated carbocycles. The van der Waals surface area contributed by atoms with Gasteiger partial charge in [-0.15, -0.1) is 5.10 Å². The Morgan fingerprint density at radius 2 is 1.97 bits per heavy atom. The van der Waals surface area contributed by atoms with Gasteiger partial charge < -0.3 is 4.90 Å². The Balaban J connectivity index is 1.54. The summed E-state index contributed by atoms with van der Waals surface area (Å²) < 4.78 is 15.1. The van der Waals surface area contributed by atoms with Crippen molar-refractivity contribution in [1.29, 1.82) is 0 Å². The highest BCUT2D eigenvalue weighted by Gasteiger charge is 2.30. The number of aryl methyl sites for hydroxylation is 1. The minimum Gasteiger partial charge on any atom is -0.334 e. The van der Waals surface area contributed by atoms with E-state index in [2.05, 4.69) is 21.6 Å². The Labute approximate surface area is 173 Å². The van der Waals surface area contributed by atoms with Crippen molar-refractivity contribution in [3.8, 4) is 0 Å². The molecule has 0 saturated heterocycles. The van der Waals surface area contributed by atoms with E-state index in [0.29, 0.717) is 18.7 Å². The molecule has 7 heteroatoms. The van der Waals surface area contributed by atoms with Crippen LogP contribution in [0.3, 0.4) is 0 Å². The molecular weight excluding hydrogens is 381 g/mol. The zero-order valence-corrected chi connectivity index (χ0v) is 16.8. The van der Waals surface area contributed by atoms with Crippen molar-refractivity contribution in [2.24, 2.45) is 5.92 Å². The number of hydrogen-bond donors (Lipinski definition) is 0. The van der Waals surface area contributed by atoms with Gasteiger partial charge in [0.15, 0.2) is 5.65 Å². The largest absolute Gasteiger partial charge is 0.334 e. The summed E-state index contributed by atoms with van der Waals surface area (Å²) in [5, 5.41) is 13.3. The summed E-state index contributed by atoms with van der Waals surface area (Å²) in [6.45, 7) is 2.86.